The summed E-state index contributed by atoms with van der Waals surface area (Å²) in [6, 6.07) is 4.82. The Kier molecular flexibility index (Phi) is 7.16. The molecular formula is C13H21ClFNO. The van der Waals surface area contributed by atoms with Crippen LogP contribution in [0, 0.1) is 11.7 Å². The van der Waals surface area contributed by atoms with E-state index in [4.69, 9.17) is 10.5 Å². The number of ether oxygens (including phenoxy) is 1. The molecule has 1 atom stereocenters. The molecule has 0 aliphatic rings. The first-order valence-electron chi connectivity index (χ1n) is 5.63. The number of hydrogen-bond donors (Lipinski definition) is 1. The third kappa shape index (κ3) is 4.92. The van der Waals surface area contributed by atoms with Crippen molar-refractivity contribution in [2.45, 2.75) is 32.7 Å². The van der Waals surface area contributed by atoms with Crippen LogP contribution in [0.2, 0.25) is 0 Å². The van der Waals surface area contributed by atoms with E-state index in [2.05, 4.69) is 13.8 Å². The van der Waals surface area contributed by atoms with Crippen molar-refractivity contribution in [1.29, 1.82) is 0 Å². The summed E-state index contributed by atoms with van der Waals surface area (Å²) in [6.07, 6.45) is 1.93. The lowest BCUT2D eigenvalue weighted by molar-refractivity contribution is 0.385. The number of hydrogen-bond acceptors (Lipinski definition) is 2. The molecule has 1 rings (SSSR count). The highest BCUT2D eigenvalue weighted by atomic mass is 35.5. The van der Waals surface area contributed by atoms with Crippen LogP contribution in [0.25, 0.3) is 0 Å². The first kappa shape index (κ1) is 16.2. The molecule has 0 spiro atoms. The van der Waals surface area contributed by atoms with E-state index < -0.39 is 0 Å². The summed E-state index contributed by atoms with van der Waals surface area (Å²) >= 11 is 0. The molecule has 0 aliphatic heterocycles. The average Bonchev–Trinajstić information content (AvgIpc) is 2.25. The Balaban J connectivity index is 0.00000256. The Hall–Kier alpha value is -0.800. The van der Waals surface area contributed by atoms with Gasteiger partial charge in [0.05, 0.1) is 7.11 Å². The fraction of sp³-hybridized carbons (Fsp3) is 0.538. The predicted octanol–water partition coefficient (Wildman–Crippen LogP) is 3.69. The van der Waals surface area contributed by atoms with Crippen LogP contribution >= 0.6 is 12.4 Å². The molecule has 0 saturated carbocycles. The minimum Gasteiger partial charge on any atom is -0.494 e. The van der Waals surface area contributed by atoms with Gasteiger partial charge in [-0.05, 0) is 36.5 Å². The minimum atomic E-state index is -0.347. The summed E-state index contributed by atoms with van der Waals surface area (Å²) < 4.78 is 18.3. The standard InChI is InChI=1S/C13H20FNO.ClH/c1-9(2)4-6-12(15)10-5-7-13(16-3)11(14)8-10;/h5,7-9,12H,4,6,15H2,1-3H3;1H/t12-;/m1./s1. The molecule has 0 radical (unpaired) electrons. The first-order chi connectivity index (χ1) is 7.54. The van der Waals surface area contributed by atoms with Gasteiger partial charge in [-0.3, -0.25) is 0 Å². The van der Waals surface area contributed by atoms with Gasteiger partial charge in [-0.1, -0.05) is 19.9 Å². The van der Waals surface area contributed by atoms with Crippen LogP contribution < -0.4 is 10.5 Å². The van der Waals surface area contributed by atoms with Gasteiger partial charge in [0.2, 0.25) is 0 Å². The third-order valence-corrected chi connectivity index (χ3v) is 2.66. The SMILES string of the molecule is COc1ccc([C@H](N)CCC(C)C)cc1F.Cl. The molecule has 2 N–H and O–H groups in total. The van der Waals surface area contributed by atoms with Crippen LogP contribution in [0.5, 0.6) is 5.75 Å². The summed E-state index contributed by atoms with van der Waals surface area (Å²) in [5, 5.41) is 0. The Morgan fingerprint density at radius 2 is 1.94 bits per heavy atom. The van der Waals surface area contributed by atoms with Crippen LogP contribution in [0.1, 0.15) is 38.3 Å². The summed E-state index contributed by atoms with van der Waals surface area (Å²) in [7, 11) is 1.46. The van der Waals surface area contributed by atoms with Gasteiger partial charge in [0.15, 0.2) is 11.6 Å². The first-order valence-corrected chi connectivity index (χ1v) is 5.63. The molecule has 0 saturated heterocycles. The molecule has 98 valence electrons. The average molecular weight is 262 g/mol. The zero-order chi connectivity index (χ0) is 12.1. The monoisotopic (exact) mass is 261 g/mol. The highest BCUT2D eigenvalue weighted by molar-refractivity contribution is 5.85. The molecule has 4 heteroatoms. The van der Waals surface area contributed by atoms with Crippen molar-refractivity contribution in [2.75, 3.05) is 7.11 Å². The van der Waals surface area contributed by atoms with E-state index in [1.807, 2.05) is 6.07 Å². The molecule has 0 fully saturated rings. The Labute approximate surface area is 109 Å². The molecule has 0 aromatic heterocycles. The second kappa shape index (κ2) is 7.51. The Bertz CT molecular complexity index is 344. The van der Waals surface area contributed by atoms with Gasteiger partial charge in [0, 0.05) is 6.04 Å². The summed E-state index contributed by atoms with van der Waals surface area (Å²) in [5.41, 5.74) is 6.83. The fourth-order valence-electron chi connectivity index (χ4n) is 1.59. The van der Waals surface area contributed by atoms with Gasteiger partial charge in [0.1, 0.15) is 0 Å². The quantitative estimate of drug-likeness (QED) is 0.877. The number of benzene rings is 1. The highest BCUT2D eigenvalue weighted by Gasteiger charge is 2.10. The van der Waals surface area contributed by atoms with Crippen molar-refractivity contribution in [3.8, 4) is 5.75 Å². The van der Waals surface area contributed by atoms with Crippen molar-refractivity contribution in [1.82, 2.24) is 0 Å². The maximum Gasteiger partial charge on any atom is 0.165 e. The van der Waals surface area contributed by atoms with Gasteiger partial charge >= 0.3 is 0 Å². The van der Waals surface area contributed by atoms with Crippen molar-refractivity contribution in [3.63, 3.8) is 0 Å². The van der Waals surface area contributed by atoms with E-state index in [-0.39, 0.29) is 30.0 Å². The van der Waals surface area contributed by atoms with Gasteiger partial charge in [0.25, 0.3) is 0 Å². The van der Waals surface area contributed by atoms with Crippen molar-refractivity contribution >= 4 is 12.4 Å². The second-order valence-electron chi connectivity index (χ2n) is 4.47. The lowest BCUT2D eigenvalue weighted by atomic mass is 9.98. The maximum atomic E-state index is 13.4. The fourth-order valence-corrected chi connectivity index (χ4v) is 1.59. The van der Waals surface area contributed by atoms with E-state index in [1.165, 1.54) is 13.2 Å². The molecule has 1 aromatic carbocycles. The Morgan fingerprint density at radius 1 is 1.29 bits per heavy atom. The topological polar surface area (TPSA) is 35.2 Å². The Morgan fingerprint density at radius 3 is 2.41 bits per heavy atom. The number of methoxy groups -OCH3 is 1. The van der Waals surface area contributed by atoms with E-state index >= 15 is 0 Å². The van der Waals surface area contributed by atoms with E-state index in [0.29, 0.717) is 5.92 Å². The highest BCUT2D eigenvalue weighted by Crippen LogP contribution is 2.23. The van der Waals surface area contributed by atoms with Crippen molar-refractivity contribution < 1.29 is 9.13 Å². The number of rotatable bonds is 5. The van der Waals surface area contributed by atoms with Gasteiger partial charge < -0.3 is 10.5 Å². The van der Waals surface area contributed by atoms with Crippen molar-refractivity contribution in [2.24, 2.45) is 11.7 Å². The van der Waals surface area contributed by atoms with Crippen LogP contribution in [0.4, 0.5) is 4.39 Å². The molecule has 2 nitrogen and oxygen atoms in total. The lowest BCUT2D eigenvalue weighted by Crippen LogP contribution is -2.11. The van der Waals surface area contributed by atoms with Gasteiger partial charge in [-0.15, -0.1) is 12.4 Å². The largest absolute Gasteiger partial charge is 0.494 e. The molecule has 0 aliphatic carbocycles. The number of halogens is 2. The molecule has 1 aromatic rings. The molecule has 17 heavy (non-hydrogen) atoms. The molecule has 0 heterocycles. The van der Waals surface area contributed by atoms with Crippen LogP contribution in [-0.4, -0.2) is 7.11 Å². The van der Waals surface area contributed by atoms with Crippen LogP contribution in [0.15, 0.2) is 18.2 Å². The second-order valence-corrected chi connectivity index (χ2v) is 4.47. The zero-order valence-electron chi connectivity index (χ0n) is 10.6. The summed E-state index contributed by atoms with van der Waals surface area (Å²) in [5.74, 6) is 0.536. The molecule has 0 amide bonds. The minimum absolute atomic E-state index is 0. The molecular weight excluding hydrogens is 241 g/mol. The van der Waals surface area contributed by atoms with Crippen molar-refractivity contribution in [3.05, 3.63) is 29.6 Å². The molecule has 0 bridgehead atoms. The normalized spacial score (nSPS) is 12.1. The van der Waals surface area contributed by atoms with Gasteiger partial charge in [-0.2, -0.15) is 0 Å². The zero-order valence-corrected chi connectivity index (χ0v) is 11.4. The summed E-state index contributed by atoms with van der Waals surface area (Å²) in [4.78, 5) is 0. The van der Waals surface area contributed by atoms with Crippen LogP contribution in [-0.2, 0) is 0 Å². The van der Waals surface area contributed by atoms with E-state index in [1.54, 1.807) is 6.07 Å². The maximum absolute atomic E-state index is 13.4. The third-order valence-electron chi connectivity index (χ3n) is 2.66. The predicted molar refractivity (Wildman–Crippen MR) is 71.2 cm³/mol. The molecule has 0 unspecified atom stereocenters. The van der Waals surface area contributed by atoms with Crippen LogP contribution in [0.3, 0.4) is 0 Å². The smallest absolute Gasteiger partial charge is 0.165 e. The van der Waals surface area contributed by atoms with E-state index in [0.717, 1.165) is 18.4 Å². The summed E-state index contributed by atoms with van der Waals surface area (Å²) in [6.45, 7) is 4.31. The lowest BCUT2D eigenvalue weighted by Gasteiger charge is -2.14. The number of nitrogens with two attached hydrogens (primary N) is 1. The van der Waals surface area contributed by atoms with Gasteiger partial charge in [-0.25, -0.2) is 4.39 Å². The van der Waals surface area contributed by atoms with E-state index in [9.17, 15) is 4.39 Å².